The molecule has 0 spiro atoms. The molecule has 0 saturated heterocycles. The summed E-state index contributed by atoms with van der Waals surface area (Å²) in [5, 5.41) is 2.50. The van der Waals surface area contributed by atoms with Crippen LogP contribution in [0.3, 0.4) is 0 Å². The Morgan fingerprint density at radius 3 is 1.78 bits per heavy atom. The van der Waals surface area contributed by atoms with E-state index in [9.17, 15) is 0 Å². The largest absolute Gasteiger partial charge is 0.310 e. The van der Waals surface area contributed by atoms with Gasteiger partial charge in [-0.05, 0) is 113 Å². The fraction of sp³-hybridized carbons (Fsp3) is 0.120. The molecule has 0 bridgehead atoms. The van der Waals surface area contributed by atoms with Crippen LogP contribution in [0.1, 0.15) is 56.9 Å². The molecule has 2 nitrogen and oxygen atoms in total. The van der Waals surface area contributed by atoms with Gasteiger partial charge in [0.25, 0.3) is 0 Å². The molecule has 8 rings (SSSR count). The fourth-order valence-corrected chi connectivity index (χ4v) is 8.94. The molecule has 54 heavy (non-hydrogen) atoms. The lowest BCUT2D eigenvalue weighted by atomic mass is 9.81. The average molecular weight is 833 g/mol. The highest BCUT2D eigenvalue weighted by Crippen LogP contribution is 2.56. The van der Waals surface area contributed by atoms with Gasteiger partial charge in [0.05, 0.1) is 11.4 Å². The van der Waals surface area contributed by atoms with Gasteiger partial charge in [0.1, 0.15) is 0 Å². The minimum atomic E-state index is -0.263. The van der Waals surface area contributed by atoms with Gasteiger partial charge in [-0.25, -0.2) is 0 Å². The summed E-state index contributed by atoms with van der Waals surface area (Å²) in [7, 11) is 1.74. The Hall–Kier alpha value is -5.04. The Morgan fingerprint density at radius 2 is 1.17 bits per heavy atom. The minimum Gasteiger partial charge on any atom is -0.310 e. The van der Waals surface area contributed by atoms with Crippen LogP contribution >= 0.6 is 30.1 Å². The molecule has 0 atom stereocenters. The lowest BCUT2D eigenvalue weighted by molar-refractivity contribution is 0.661. The van der Waals surface area contributed by atoms with Crippen LogP contribution in [0, 0.1) is 0 Å². The molecular weight excluding hydrogens is 788 g/mol. The van der Waals surface area contributed by atoms with E-state index in [1.165, 1.54) is 43.6 Å². The van der Waals surface area contributed by atoms with Crippen molar-refractivity contribution in [1.29, 1.82) is 0 Å². The second-order valence-electron chi connectivity index (χ2n) is 13.6. The number of benzene rings is 7. The predicted octanol–water partition coefficient (Wildman–Crippen LogP) is 16.2. The van der Waals surface area contributed by atoms with E-state index in [4.69, 9.17) is 0 Å². The van der Waals surface area contributed by atoms with E-state index in [1.807, 2.05) is 19.9 Å². The fourth-order valence-electron chi connectivity index (χ4n) is 7.82. The van der Waals surface area contributed by atoms with Crippen LogP contribution in [-0.2, 0) is 5.41 Å². The molecule has 0 aliphatic heterocycles. The third-order valence-electron chi connectivity index (χ3n) is 10.3. The van der Waals surface area contributed by atoms with Crippen molar-refractivity contribution in [3.05, 3.63) is 187 Å². The number of anilines is 6. The van der Waals surface area contributed by atoms with Crippen molar-refractivity contribution < 1.29 is 0 Å². The summed E-state index contributed by atoms with van der Waals surface area (Å²) in [5.41, 5.74) is 14.1. The van der Waals surface area contributed by atoms with Crippen LogP contribution in [0.2, 0.25) is 0 Å². The summed E-state index contributed by atoms with van der Waals surface area (Å²) in [6, 6.07) is 55.3. The van der Waals surface area contributed by atoms with Crippen molar-refractivity contribution in [3.63, 3.8) is 0 Å². The molecule has 0 fully saturated rings. The maximum absolute atomic E-state index is 4.14. The molecule has 0 heterocycles. The average Bonchev–Trinajstić information content (AvgIpc) is 3.45. The second kappa shape index (κ2) is 16.1. The highest BCUT2D eigenvalue weighted by molar-refractivity contribution is 14.2. The van der Waals surface area contributed by atoms with Crippen molar-refractivity contribution in [3.8, 4) is 11.1 Å². The second-order valence-corrected chi connectivity index (χ2v) is 15.6. The molecule has 0 amide bonds. The SMILES string of the molecule is C=Cc1cccc(N(c2ccccc2)c2ccc3c(c2)C(C)(C)c2cc(N(c4ccccc4)c4ccc(SI)cc4)c4ccccc4c2-3)c1/C=C\C.CC. The van der Waals surface area contributed by atoms with Crippen LogP contribution in [0.5, 0.6) is 0 Å². The summed E-state index contributed by atoms with van der Waals surface area (Å²) >= 11 is 2.35. The number of hydrogen-bond acceptors (Lipinski definition) is 3. The van der Waals surface area contributed by atoms with Crippen LogP contribution in [0.4, 0.5) is 34.1 Å². The quantitative estimate of drug-likeness (QED) is 0.134. The van der Waals surface area contributed by atoms with Crippen molar-refractivity contribution >= 4 is 87.2 Å². The lowest BCUT2D eigenvalue weighted by Gasteiger charge is -2.30. The van der Waals surface area contributed by atoms with Gasteiger partial charge >= 0.3 is 0 Å². The van der Waals surface area contributed by atoms with Gasteiger partial charge in [0.15, 0.2) is 0 Å². The number of fused-ring (bicyclic) bond motifs is 5. The zero-order valence-electron chi connectivity index (χ0n) is 31.6. The van der Waals surface area contributed by atoms with E-state index in [2.05, 4.69) is 222 Å². The number of para-hydroxylation sites is 2. The first-order chi connectivity index (χ1) is 26.4. The molecule has 4 heteroatoms. The van der Waals surface area contributed by atoms with E-state index in [0.29, 0.717) is 0 Å². The summed E-state index contributed by atoms with van der Waals surface area (Å²) in [5.74, 6) is 0. The highest BCUT2D eigenvalue weighted by atomic mass is 127. The molecule has 0 saturated carbocycles. The van der Waals surface area contributed by atoms with Gasteiger partial charge in [-0.15, -0.1) is 0 Å². The van der Waals surface area contributed by atoms with Gasteiger partial charge in [0.2, 0.25) is 0 Å². The number of hydrogen-bond donors (Lipinski definition) is 0. The molecule has 0 N–H and O–H groups in total. The van der Waals surface area contributed by atoms with Gasteiger partial charge in [-0.1, -0.05) is 140 Å². The Bertz CT molecular complexity index is 2450. The predicted molar refractivity (Wildman–Crippen MR) is 247 cm³/mol. The summed E-state index contributed by atoms with van der Waals surface area (Å²) < 4.78 is 0. The lowest BCUT2D eigenvalue weighted by Crippen LogP contribution is -2.18. The molecule has 268 valence electrons. The van der Waals surface area contributed by atoms with Gasteiger partial charge in [0, 0.05) is 65.2 Å². The van der Waals surface area contributed by atoms with Crippen molar-refractivity contribution in [2.45, 2.75) is 44.9 Å². The summed E-state index contributed by atoms with van der Waals surface area (Å²) in [4.78, 5) is 6.04. The number of halogens is 1. The summed E-state index contributed by atoms with van der Waals surface area (Å²) in [6.07, 6.45) is 6.24. The molecular formula is C50H45IN2S. The van der Waals surface area contributed by atoms with Crippen LogP contribution < -0.4 is 9.80 Å². The Balaban J connectivity index is 0.00000221. The number of rotatable bonds is 9. The zero-order chi connectivity index (χ0) is 37.8. The third kappa shape index (κ3) is 6.67. The maximum atomic E-state index is 4.14. The first kappa shape index (κ1) is 37.3. The molecule has 0 radical (unpaired) electrons. The van der Waals surface area contributed by atoms with E-state index in [0.717, 1.165) is 39.6 Å². The summed E-state index contributed by atoms with van der Waals surface area (Å²) in [6.45, 7) is 15.0. The first-order valence-corrected chi connectivity index (χ1v) is 22.0. The minimum absolute atomic E-state index is 0.263. The Morgan fingerprint density at radius 1 is 0.593 bits per heavy atom. The van der Waals surface area contributed by atoms with Crippen molar-refractivity contribution in [2.75, 3.05) is 9.80 Å². The Labute approximate surface area is 337 Å². The van der Waals surface area contributed by atoms with Crippen molar-refractivity contribution in [1.82, 2.24) is 0 Å². The number of allylic oxidation sites excluding steroid dienone is 1. The molecule has 0 unspecified atom stereocenters. The molecule has 7 aromatic rings. The van der Waals surface area contributed by atoms with Crippen LogP contribution in [0.15, 0.2) is 169 Å². The van der Waals surface area contributed by atoms with Crippen LogP contribution in [0.25, 0.3) is 34.1 Å². The molecule has 7 aromatic carbocycles. The third-order valence-corrected chi connectivity index (χ3v) is 12.2. The monoisotopic (exact) mass is 832 g/mol. The molecule has 1 aliphatic rings. The zero-order valence-corrected chi connectivity index (χ0v) is 34.5. The standard InChI is InChI=1S/C48H39IN2S.C2H6/c1-5-16-39-33(6-2)17-15-24-45(39)51(35-20-11-8-12-21-35)37-27-30-42-43(31-37)48(3,4)44-32-46(40-22-13-14-23-41(40)47(42)44)50(34-18-9-7-10-19-34)36-25-28-38(52-49)29-26-36;1-2/h5-32H,2H2,1,3-4H3;1-2H3/b16-5-;. The maximum Gasteiger partial charge on any atom is 0.0543 e. The van der Waals surface area contributed by atoms with E-state index < -0.39 is 0 Å². The smallest absolute Gasteiger partial charge is 0.0543 e. The van der Waals surface area contributed by atoms with Gasteiger partial charge in [-0.2, -0.15) is 0 Å². The van der Waals surface area contributed by atoms with E-state index in [1.54, 1.807) is 8.93 Å². The van der Waals surface area contributed by atoms with Crippen LogP contribution in [-0.4, -0.2) is 0 Å². The van der Waals surface area contributed by atoms with E-state index in [-0.39, 0.29) is 5.41 Å². The van der Waals surface area contributed by atoms with Crippen molar-refractivity contribution in [2.24, 2.45) is 0 Å². The van der Waals surface area contributed by atoms with E-state index >= 15 is 0 Å². The first-order valence-electron chi connectivity index (χ1n) is 18.6. The molecule has 1 aliphatic carbocycles. The molecule has 0 aromatic heterocycles. The van der Waals surface area contributed by atoms with Gasteiger partial charge in [-0.3, -0.25) is 0 Å². The topological polar surface area (TPSA) is 6.48 Å². The van der Waals surface area contributed by atoms with Gasteiger partial charge < -0.3 is 9.80 Å². The highest BCUT2D eigenvalue weighted by Gasteiger charge is 2.38. The Kier molecular flexibility index (Phi) is 11.1. The normalized spacial score (nSPS) is 12.5. The number of nitrogens with zero attached hydrogens (tertiary/aromatic N) is 2.